The number of hydrogen-bond acceptors (Lipinski definition) is 7. The zero-order chi connectivity index (χ0) is 28.2. The van der Waals surface area contributed by atoms with Crippen molar-refractivity contribution in [3.63, 3.8) is 0 Å². The van der Waals surface area contributed by atoms with Crippen LogP contribution in [0, 0.1) is 0 Å². The average Bonchev–Trinajstić information content (AvgIpc) is 3.56. The number of aliphatic hydroxyl groups excluding tert-OH is 1. The first-order valence-electron chi connectivity index (χ1n) is 13.9. The Morgan fingerprint density at radius 3 is 2.41 bits per heavy atom. The first kappa shape index (κ1) is 26.8. The van der Waals surface area contributed by atoms with Gasteiger partial charge in [-0.2, -0.15) is 0 Å². The lowest BCUT2D eigenvalue weighted by Gasteiger charge is -2.30. The van der Waals surface area contributed by atoms with Crippen molar-refractivity contribution in [2.75, 3.05) is 39.4 Å². The molecule has 0 saturated carbocycles. The monoisotopic (exact) mass is 552 g/mol. The van der Waals surface area contributed by atoms with Gasteiger partial charge in [-0.15, -0.1) is 0 Å². The highest BCUT2D eigenvalue weighted by molar-refractivity contribution is 6.16. The minimum Gasteiger partial charge on any atom is -0.503 e. The summed E-state index contributed by atoms with van der Waals surface area (Å²) in [6, 6.07) is 25.5. The van der Waals surface area contributed by atoms with E-state index in [1.54, 1.807) is 17.0 Å². The van der Waals surface area contributed by atoms with Gasteiger partial charge in [0.2, 0.25) is 5.78 Å². The largest absolute Gasteiger partial charge is 0.503 e. The van der Waals surface area contributed by atoms with Crippen molar-refractivity contribution in [3.8, 4) is 5.75 Å². The number of carbonyl (C=O) groups is 2. The first-order valence-corrected chi connectivity index (χ1v) is 13.9. The molecule has 0 aliphatic carbocycles. The third-order valence-electron chi connectivity index (χ3n) is 7.62. The molecule has 41 heavy (non-hydrogen) atoms. The highest BCUT2D eigenvalue weighted by atomic mass is 16.5. The van der Waals surface area contributed by atoms with E-state index >= 15 is 0 Å². The van der Waals surface area contributed by atoms with Crippen molar-refractivity contribution in [2.45, 2.75) is 19.1 Å². The predicted molar refractivity (Wildman–Crippen MR) is 154 cm³/mol. The normalized spacial score (nSPS) is 17.9. The summed E-state index contributed by atoms with van der Waals surface area (Å²) in [5.74, 6) is -0.836. The maximum atomic E-state index is 13.8. The van der Waals surface area contributed by atoms with Gasteiger partial charge in [-0.1, -0.05) is 60.7 Å². The molecular formula is C33H32N2O6. The molecule has 1 saturated heterocycles. The number of carbonyl (C=O) groups excluding carboxylic acids is 2. The number of rotatable bonds is 10. The highest BCUT2D eigenvalue weighted by Gasteiger charge is 2.44. The van der Waals surface area contributed by atoms with Crippen LogP contribution in [0.15, 0.2) is 101 Å². The van der Waals surface area contributed by atoms with Crippen LogP contribution in [-0.4, -0.2) is 66.0 Å². The summed E-state index contributed by atoms with van der Waals surface area (Å²) < 4.78 is 17.2. The van der Waals surface area contributed by atoms with E-state index in [1.807, 2.05) is 72.8 Å². The lowest BCUT2D eigenvalue weighted by molar-refractivity contribution is -0.129. The van der Waals surface area contributed by atoms with Gasteiger partial charge in [-0.05, 0) is 41.8 Å². The molecule has 210 valence electrons. The number of benzene rings is 3. The number of Topliss-reactive ketones (excluding diaryl/α,β-unsaturated/α-hetero) is 1. The van der Waals surface area contributed by atoms with Crippen LogP contribution < -0.4 is 4.74 Å². The summed E-state index contributed by atoms with van der Waals surface area (Å²) >= 11 is 0. The lowest BCUT2D eigenvalue weighted by Crippen LogP contribution is -2.39. The van der Waals surface area contributed by atoms with Crippen LogP contribution in [0.3, 0.4) is 0 Å². The quantitative estimate of drug-likeness (QED) is 0.267. The van der Waals surface area contributed by atoms with E-state index in [9.17, 15) is 14.7 Å². The molecule has 1 N–H and O–H groups in total. The summed E-state index contributed by atoms with van der Waals surface area (Å²) in [5, 5.41) is 11.8. The van der Waals surface area contributed by atoms with Gasteiger partial charge < -0.3 is 23.9 Å². The van der Waals surface area contributed by atoms with Crippen molar-refractivity contribution in [1.29, 1.82) is 0 Å². The predicted octanol–water partition coefficient (Wildman–Crippen LogP) is 5.31. The van der Waals surface area contributed by atoms with Gasteiger partial charge in [0.15, 0.2) is 11.5 Å². The Balaban J connectivity index is 1.26. The summed E-state index contributed by atoms with van der Waals surface area (Å²) in [7, 11) is 0. The van der Waals surface area contributed by atoms with Crippen molar-refractivity contribution >= 4 is 22.7 Å². The second-order valence-corrected chi connectivity index (χ2v) is 10.3. The number of morpholine rings is 1. The molecule has 0 spiro atoms. The van der Waals surface area contributed by atoms with Crippen LogP contribution in [0.25, 0.3) is 11.0 Å². The fourth-order valence-electron chi connectivity index (χ4n) is 5.47. The number of fused-ring (bicyclic) bond motifs is 1. The molecule has 1 aromatic heterocycles. The maximum absolute atomic E-state index is 13.8. The van der Waals surface area contributed by atoms with Crippen LogP contribution in [-0.2, 0) is 16.1 Å². The molecule has 3 heterocycles. The molecule has 4 aromatic rings. The van der Waals surface area contributed by atoms with Crippen LogP contribution in [0.1, 0.15) is 34.1 Å². The molecule has 0 radical (unpaired) electrons. The molecule has 8 heteroatoms. The van der Waals surface area contributed by atoms with E-state index in [1.165, 1.54) is 0 Å². The molecule has 2 aliphatic heterocycles. The van der Waals surface area contributed by atoms with Gasteiger partial charge >= 0.3 is 0 Å². The zero-order valence-electron chi connectivity index (χ0n) is 22.7. The summed E-state index contributed by atoms with van der Waals surface area (Å²) in [6.07, 6.45) is 0.694. The van der Waals surface area contributed by atoms with E-state index in [4.69, 9.17) is 13.9 Å². The number of nitrogens with zero attached hydrogens (tertiary/aromatic N) is 2. The van der Waals surface area contributed by atoms with Crippen LogP contribution in [0.4, 0.5) is 0 Å². The van der Waals surface area contributed by atoms with Crippen LogP contribution >= 0.6 is 0 Å². The fourth-order valence-corrected chi connectivity index (χ4v) is 5.47. The Bertz CT molecular complexity index is 1520. The van der Waals surface area contributed by atoms with Crippen LogP contribution in [0.2, 0.25) is 0 Å². The Labute approximate surface area is 238 Å². The average molecular weight is 553 g/mol. The molecule has 1 atom stereocenters. The Morgan fingerprint density at radius 2 is 1.66 bits per heavy atom. The molecular weight excluding hydrogens is 520 g/mol. The lowest BCUT2D eigenvalue weighted by atomic mass is 9.95. The van der Waals surface area contributed by atoms with Gasteiger partial charge in [0.1, 0.15) is 17.9 Å². The Hall–Kier alpha value is -4.40. The van der Waals surface area contributed by atoms with Gasteiger partial charge in [-0.3, -0.25) is 14.5 Å². The third-order valence-corrected chi connectivity index (χ3v) is 7.62. The van der Waals surface area contributed by atoms with Crippen molar-refractivity contribution < 1.29 is 28.6 Å². The van der Waals surface area contributed by atoms with Gasteiger partial charge in [0, 0.05) is 31.6 Å². The smallest absolute Gasteiger partial charge is 0.290 e. The number of amides is 1. The summed E-state index contributed by atoms with van der Waals surface area (Å²) in [5.41, 5.74) is 2.36. The van der Waals surface area contributed by atoms with E-state index in [2.05, 4.69) is 4.90 Å². The molecule has 0 unspecified atom stereocenters. The Morgan fingerprint density at radius 1 is 0.927 bits per heavy atom. The number of furan rings is 1. The third kappa shape index (κ3) is 5.75. The first-order chi connectivity index (χ1) is 20.1. The summed E-state index contributed by atoms with van der Waals surface area (Å²) in [4.78, 5) is 31.1. The molecule has 1 fully saturated rings. The van der Waals surface area contributed by atoms with Crippen molar-refractivity contribution in [3.05, 3.63) is 113 Å². The van der Waals surface area contributed by atoms with E-state index in [0.717, 1.165) is 30.6 Å². The van der Waals surface area contributed by atoms with E-state index in [-0.39, 0.29) is 11.3 Å². The standard InChI is InChI=1S/C33H32N2O6/c36-31(28-21-25-9-4-5-10-27(25)41-28)29-30(24-11-13-26(14-12-24)40-22-23-7-2-1-3-8-23)35(33(38)32(29)37)16-6-15-34-17-19-39-20-18-34/h1-5,7-14,21,30,37H,6,15-20,22H2/t30-/m0/s1. The van der Waals surface area contributed by atoms with Crippen LogP contribution in [0.5, 0.6) is 5.75 Å². The second-order valence-electron chi connectivity index (χ2n) is 10.3. The molecule has 3 aromatic carbocycles. The van der Waals surface area contributed by atoms with Crippen molar-refractivity contribution in [1.82, 2.24) is 9.80 Å². The van der Waals surface area contributed by atoms with E-state index < -0.39 is 23.5 Å². The van der Waals surface area contributed by atoms with Gasteiger partial charge in [0.05, 0.1) is 24.8 Å². The van der Waals surface area contributed by atoms with Gasteiger partial charge in [-0.25, -0.2) is 0 Å². The zero-order valence-corrected chi connectivity index (χ0v) is 22.7. The number of para-hydroxylation sites is 1. The SMILES string of the molecule is O=C(C1=C(O)C(=O)N(CCCN2CCOCC2)[C@H]1c1ccc(OCc2ccccc2)cc1)c1cc2ccccc2o1. The second kappa shape index (κ2) is 12.0. The minimum atomic E-state index is -0.754. The fraction of sp³-hybridized carbons (Fsp3) is 0.273. The number of hydrogen-bond donors (Lipinski definition) is 1. The number of ketones is 1. The Kier molecular flexibility index (Phi) is 7.84. The highest BCUT2D eigenvalue weighted by Crippen LogP contribution is 2.40. The minimum absolute atomic E-state index is 0.0263. The van der Waals surface area contributed by atoms with Gasteiger partial charge in [0.25, 0.3) is 5.91 Å². The summed E-state index contributed by atoms with van der Waals surface area (Å²) in [6.45, 7) is 4.69. The number of aliphatic hydroxyl groups is 1. The molecule has 1 amide bonds. The van der Waals surface area contributed by atoms with E-state index in [0.29, 0.717) is 49.7 Å². The topological polar surface area (TPSA) is 92.5 Å². The maximum Gasteiger partial charge on any atom is 0.290 e. The number of ether oxygens (including phenoxy) is 2. The molecule has 2 aliphatic rings. The molecule has 8 nitrogen and oxygen atoms in total. The molecule has 0 bridgehead atoms. The molecule has 6 rings (SSSR count). The van der Waals surface area contributed by atoms with Crippen molar-refractivity contribution in [2.24, 2.45) is 0 Å².